The largest absolute Gasteiger partial charge is 0.369 e. The van der Waals surface area contributed by atoms with Crippen LogP contribution in [0.1, 0.15) is 30.1 Å². The van der Waals surface area contributed by atoms with E-state index in [0.717, 1.165) is 5.69 Å². The van der Waals surface area contributed by atoms with E-state index in [9.17, 15) is 18.0 Å². The topological polar surface area (TPSA) is 122 Å². The van der Waals surface area contributed by atoms with E-state index in [0.29, 0.717) is 50.6 Å². The zero-order valence-corrected chi connectivity index (χ0v) is 20.6. The van der Waals surface area contributed by atoms with Crippen molar-refractivity contribution in [1.82, 2.24) is 19.0 Å². The van der Waals surface area contributed by atoms with Crippen molar-refractivity contribution in [1.29, 1.82) is 0 Å². The molecular weight excluding hydrogens is 480 g/mol. The summed E-state index contributed by atoms with van der Waals surface area (Å²) in [5, 5.41) is 4.66. The van der Waals surface area contributed by atoms with Gasteiger partial charge in [0, 0.05) is 57.9 Å². The van der Waals surface area contributed by atoms with Crippen molar-refractivity contribution in [3.05, 3.63) is 41.0 Å². The number of nitrogens with two attached hydrogens (primary N) is 1. The molecular formula is C22H29ClN6O4S. The van der Waals surface area contributed by atoms with E-state index in [2.05, 4.69) is 5.10 Å². The number of benzene rings is 1. The first-order valence-electron chi connectivity index (χ1n) is 11.4. The fraction of sp³-hybridized carbons (Fsp3) is 0.500. The van der Waals surface area contributed by atoms with Crippen LogP contribution in [0, 0.1) is 5.92 Å². The third kappa shape index (κ3) is 4.77. The Balaban J connectivity index is 1.52. The SMILES string of the molecule is CCn1cc(C(=O)N2CCC(C(N)=O)CC2)c(S(=O)(=O)N2CCN(c3ccccc3Cl)CC2)n1. The van der Waals surface area contributed by atoms with Crippen LogP contribution in [0.5, 0.6) is 0 Å². The van der Waals surface area contributed by atoms with Crippen LogP contribution < -0.4 is 10.6 Å². The number of rotatable bonds is 6. The number of amides is 2. The van der Waals surface area contributed by atoms with Crippen molar-refractivity contribution >= 4 is 39.1 Å². The lowest BCUT2D eigenvalue weighted by Gasteiger charge is -2.35. The predicted molar refractivity (Wildman–Crippen MR) is 128 cm³/mol. The minimum Gasteiger partial charge on any atom is -0.369 e. The minimum absolute atomic E-state index is 0.0629. The van der Waals surface area contributed by atoms with Crippen LogP contribution in [-0.4, -0.2) is 78.5 Å². The van der Waals surface area contributed by atoms with Gasteiger partial charge in [0.05, 0.1) is 16.3 Å². The van der Waals surface area contributed by atoms with Crippen LogP contribution in [0.2, 0.25) is 5.02 Å². The molecule has 3 heterocycles. The monoisotopic (exact) mass is 508 g/mol. The first-order valence-corrected chi connectivity index (χ1v) is 13.2. The number of primary amides is 1. The first kappa shape index (κ1) is 24.5. The number of carbonyl (C=O) groups excluding carboxylic acids is 2. The number of aryl methyl sites for hydroxylation is 1. The molecule has 184 valence electrons. The highest BCUT2D eigenvalue weighted by Gasteiger charge is 2.37. The second-order valence-corrected chi connectivity index (χ2v) is 10.8. The van der Waals surface area contributed by atoms with E-state index < -0.39 is 15.9 Å². The van der Waals surface area contributed by atoms with E-state index in [4.69, 9.17) is 17.3 Å². The number of aromatic nitrogens is 2. The van der Waals surface area contributed by atoms with Crippen molar-refractivity contribution in [2.24, 2.45) is 11.7 Å². The summed E-state index contributed by atoms with van der Waals surface area (Å²) in [5.74, 6) is -1.03. The number of sulfonamides is 1. The van der Waals surface area contributed by atoms with E-state index in [-0.39, 0.29) is 35.5 Å². The number of hydrogen-bond acceptors (Lipinski definition) is 6. The molecule has 0 unspecified atom stereocenters. The molecule has 34 heavy (non-hydrogen) atoms. The normalized spacial score (nSPS) is 18.3. The van der Waals surface area contributed by atoms with Crippen LogP contribution in [0.4, 0.5) is 5.69 Å². The molecule has 2 aliphatic rings. The molecule has 1 aromatic heterocycles. The maximum Gasteiger partial charge on any atom is 0.263 e. The van der Waals surface area contributed by atoms with E-state index in [1.807, 2.05) is 36.1 Å². The van der Waals surface area contributed by atoms with Crippen LogP contribution in [-0.2, 0) is 21.4 Å². The summed E-state index contributed by atoms with van der Waals surface area (Å²) in [6.07, 6.45) is 2.43. The van der Waals surface area contributed by atoms with Gasteiger partial charge in [0.1, 0.15) is 0 Å². The van der Waals surface area contributed by atoms with E-state index in [1.165, 1.54) is 15.2 Å². The number of anilines is 1. The van der Waals surface area contributed by atoms with Crippen molar-refractivity contribution in [2.45, 2.75) is 31.3 Å². The lowest BCUT2D eigenvalue weighted by Crippen LogP contribution is -2.49. The summed E-state index contributed by atoms with van der Waals surface area (Å²) in [6.45, 7) is 4.41. The third-order valence-corrected chi connectivity index (χ3v) is 8.64. The van der Waals surface area contributed by atoms with Crippen LogP contribution in [0.15, 0.2) is 35.5 Å². The number of halogens is 1. The molecule has 10 nitrogen and oxygen atoms in total. The molecule has 0 radical (unpaired) electrons. The minimum atomic E-state index is -3.99. The molecule has 2 amide bonds. The zero-order valence-electron chi connectivity index (χ0n) is 19.1. The Bertz CT molecular complexity index is 1170. The number of piperidine rings is 1. The second kappa shape index (κ2) is 9.93. The summed E-state index contributed by atoms with van der Waals surface area (Å²) in [6, 6.07) is 7.46. The summed E-state index contributed by atoms with van der Waals surface area (Å²) in [5.41, 5.74) is 6.32. The highest BCUT2D eigenvalue weighted by atomic mass is 35.5. The van der Waals surface area contributed by atoms with Crippen LogP contribution in [0.25, 0.3) is 0 Å². The van der Waals surface area contributed by atoms with Gasteiger partial charge in [-0.3, -0.25) is 14.3 Å². The molecule has 4 rings (SSSR count). The molecule has 2 fully saturated rings. The Morgan fingerprint density at radius 2 is 1.74 bits per heavy atom. The van der Waals surface area contributed by atoms with Gasteiger partial charge in [0.2, 0.25) is 10.9 Å². The molecule has 12 heteroatoms. The number of nitrogens with zero attached hydrogens (tertiary/aromatic N) is 5. The van der Waals surface area contributed by atoms with Crippen LogP contribution in [0.3, 0.4) is 0 Å². The van der Waals surface area contributed by atoms with E-state index in [1.54, 1.807) is 4.90 Å². The van der Waals surface area contributed by atoms with Gasteiger partial charge in [-0.25, -0.2) is 8.42 Å². The lowest BCUT2D eigenvalue weighted by atomic mass is 9.96. The molecule has 2 saturated heterocycles. The Kier molecular flexibility index (Phi) is 7.15. The number of piperazine rings is 1. The van der Waals surface area contributed by atoms with E-state index >= 15 is 0 Å². The standard InChI is InChI=1S/C22H29ClN6O4S/c1-2-28-15-17(22(31)27-9-7-16(8-10-27)20(24)30)21(25-28)34(32,33)29-13-11-26(12-14-29)19-6-4-3-5-18(19)23/h3-6,15-16H,2,7-14H2,1H3,(H2,24,30). The summed E-state index contributed by atoms with van der Waals surface area (Å²) in [4.78, 5) is 28.4. The fourth-order valence-electron chi connectivity index (χ4n) is 4.44. The van der Waals surface area contributed by atoms with Gasteiger partial charge < -0.3 is 15.5 Å². The number of likely N-dealkylation sites (tertiary alicyclic amines) is 1. The Hall–Kier alpha value is -2.63. The Labute approximate surface area is 204 Å². The van der Waals surface area contributed by atoms with Crippen molar-refractivity contribution in [3.8, 4) is 0 Å². The lowest BCUT2D eigenvalue weighted by molar-refractivity contribution is -0.123. The summed E-state index contributed by atoms with van der Waals surface area (Å²) >= 11 is 6.30. The smallest absolute Gasteiger partial charge is 0.263 e. The van der Waals surface area contributed by atoms with Gasteiger partial charge in [-0.2, -0.15) is 9.40 Å². The number of carbonyl (C=O) groups is 2. The maximum atomic E-state index is 13.5. The molecule has 1 aromatic carbocycles. The summed E-state index contributed by atoms with van der Waals surface area (Å²) in [7, 11) is -3.99. The van der Waals surface area contributed by atoms with Crippen molar-refractivity contribution in [3.63, 3.8) is 0 Å². The molecule has 2 N–H and O–H groups in total. The molecule has 0 aliphatic carbocycles. The molecule has 0 atom stereocenters. The zero-order chi connectivity index (χ0) is 24.5. The quantitative estimate of drug-likeness (QED) is 0.629. The van der Waals surface area contributed by atoms with Gasteiger partial charge >= 0.3 is 0 Å². The van der Waals surface area contributed by atoms with Crippen molar-refractivity contribution in [2.75, 3.05) is 44.2 Å². The van der Waals surface area contributed by atoms with Gasteiger partial charge in [-0.15, -0.1) is 0 Å². The third-order valence-electron chi connectivity index (χ3n) is 6.48. The number of hydrogen-bond donors (Lipinski definition) is 1. The van der Waals surface area contributed by atoms with Gasteiger partial charge in [-0.1, -0.05) is 23.7 Å². The van der Waals surface area contributed by atoms with Gasteiger partial charge in [0.15, 0.2) is 0 Å². The number of para-hydroxylation sites is 1. The average Bonchev–Trinajstić information content (AvgIpc) is 3.30. The highest BCUT2D eigenvalue weighted by Crippen LogP contribution is 2.28. The van der Waals surface area contributed by atoms with Crippen LogP contribution >= 0.6 is 11.6 Å². The Morgan fingerprint density at radius 1 is 1.09 bits per heavy atom. The second-order valence-electron chi connectivity index (χ2n) is 8.52. The summed E-state index contributed by atoms with van der Waals surface area (Å²) < 4.78 is 29.9. The highest BCUT2D eigenvalue weighted by molar-refractivity contribution is 7.89. The maximum absolute atomic E-state index is 13.5. The average molecular weight is 509 g/mol. The first-order chi connectivity index (χ1) is 16.2. The predicted octanol–water partition coefficient (Wildman–Crippen LogP) is 1.40. The molecule has 2 aliphatic heterocycles. The van der Waals surface area contributed by atoms with Crippen molar-refractivity contribution < 1.29 is 18.0 Å². The van der Waals surface area contributed by atoms with Gasteiger partial charge in [0.25, 0.3) is 15.9 Å². The Morgan fingerprint density at radius 3 is 2.32 bits per heavy atom. The van der Waals surface area contributed by atoms with Gasteiger partial charge in [-0.05, 0) is 31.9 Å². The fourth-order valence-corrected chi connectivity index (χ4v) is 6.21. The molecule has 2 aromatic rings. The molecule has 0 spiro atoms. The molecule has 0 bridgehead atoms. The molecule has 0 saturated carbocycles.